The highest BCUT2D eigenvalue weighted by Gasteiger charge is 2.29. The van der Waals surface area contributed by atoms with Gasteiger partial charge in [0, 0.05) is 23.9 Å². The number of aromatic nitrogens is 1. The average molecular weight is 392 g/mol. The lowest BCUT2D eigenvalue weighted by atomic mass is 10.1. The third-order valence-corrected chi connectivity index (χ3v) is 5.24. The van der Waals surface area contributed by atoms with Gasteiger partial charge in [-0.25, -0.2) is 0 Å². The Morgan fingerprint density at radius 3 is 2.83 bits per heavy atom. The molecule has 0 aliphatic carbocycles. The molecule has 150 valence electrons. The van der Waals surface area contributed by atoms with E-state index in [-0.39, 0.29) is 18.0 Å². The molecule has 3 aromatic rings. The number of nitrogens with zero attached hydrogens (tertiary/aromatic N) is 1. The van der Waals surface area contributed by atoms with Gasteiger partial charge >= 0.3 is 0 Å². The van der Waals surface area contributed by atoms with Crippen molar-refractivity contribution in [3.05, 3.63) is 70.0 Å². The van der Waals surface area contributed by atoms with Crippen LogP contribution in [0.15, 0.2) is 53.3 Å². The quantitative estimate of drug-likeness (QED) is 0.721. The SMILES string of the molecule is COc1ccc2cc(CN(C(=O)C3CCCO3)c3cccc(C)c3)c(=O)[nH]c2c1. The molecule has 1 N–H and O–H groups in total. The van der Waals surface area contributed by atoms with E-state index in [0.717, 1.165) is 23.1 Å². The van der Waals surface area contributed by atoms with Crippen molar-refractivity contribution in [2.45, 2.75) is 32.4 Å². The molecule has 2 heterocycles. The first kappa shape index (κ1) is 19.2. The van der Waals surface area contributed by atoms with Gasteiger partial charge in [-0.2, -0.15) is 0 Å². The van der Waals surface area contributed by atoms with Crippen molar-refractivity contribution in [3.63, 3.8) is 0 Å². The summed E-state index contributed by atoms with van der Waals surface area (Å²) in [6, 6.07) is 15.1. The molecule has 1 saturated heterocycles. The summed E-state index contributed by atoms with van der Waals surface area (Å²) in [7, 11) is 1.59. The largest absolute Gasteiger partial charge is 0.497 e. The Hall–Kier alpha value is -3.12. The molecule has 1 unspecified atom stereocenters. The van der Waals surface area contributed by atoms with Crippen LogP contribution in [0.2, 0.25) is 0 Å². The van der Waals surface area contributed by atoms with E-state index in [9.17, 15) is 9.59 Å². The fourth-order valence-electron chi connectivity index (χ4n) is 3.68. The van der Waals surface area contributed by atoms with E-state index in [0.29, 0.717) is 29.9 Å². The van der Waals surface area contributed by atoms with Crippen LogP contribution < -0.4 is 15.2 Å². The topological polar surface area (TPSA) is 71.6 Å². The fourth-order valence-corrected chi connectivity index (χ4v) is 3.68. The third kappa shape index (κ3) is 4.03. The summed E-state index contributed by atoms with van der Waals surface area (Å²) in [5.41, 5.74) is 2.82. The smallest absolute Gasteiger partial charge is 0.256 e. The van der Waals surface area contributed by atoms with Gasteiger partial charge in [-0.1, -0.05) is 12.1 Å². The number of aromatic amines is 1. The Bertz CT molecular complexity index is 1100. The van der Waals surface area contributed by atoms with Crippen LogP contribution in [-0.2, 0) is 16.1 Å². The Morgan fingerprint density at radius 2 is 2.10 bits per heavy atom. The molecular weight excluding hydrogens is 368 g/mol. The Labute approximate surface area is 169 Å². The van der Waals surface area contributed by atoms with Gasteiger partial charge in [-0.3, -0.25) is 9.59 Å². The van der Waals surface area contributed by atoms with Crippen LogP contribution >= 0.6 is 0 Å². The number of nitrogens with one attached hydrogen (secondary N) is 1. The molecule has 4 rings (SSSR count). The van der Waals surface area contributed by atoms with E-state index < -0.39 is 6.10 Å². The first-order valence-electron chi connectivity index (χ1n) is 9.75. The summed E-state index contributed by atoms with van der Waals surface area (Å²) in [6.07, 6.45) is 1.12. The second kappa shape index (κ2) is 8.09. The summed E-state index contributed by atoms with van der Waals surface area (Å²) in [5.74, 6) is 0.568. The summed E-state index contributed by atoms with van der Waals surface area (Å²) >= 11 is 0. The van der Waals surface area contributed by atoms with Gasteiger partial charge in [0.05, 0.1) is 19.2 Å². The Morgan fingerprint density at radius 1 is 1.24 bits per heavy atom. The second-order valence-electron chi connectivity index (χ2n) is 7.34. The summed E-state index contributed by atoms with van der Waals surface area (Å²) in [4.78, 5) is 30.5. The number of amides is 1. The molecule has 1 aliphatic rings. The van der Waals surface area contributed by atoms with E-state index in [1.54, 1.807) is 18.1 Å². The van der Waals surface area contributed by atoms with Gasteiger partial charge < -0.3 is 19.4 Å². The maximum Gasteiger partial charge on any atom is 0.256 e. The zero-order valence-corrected chi connectivity index (χ0v) is 16.6. The number of carbonyl (C=O) groups excluding carboxylic acids is 1. The normalized spacial score (nSPS) is 16.1. The molecule has 0 bridgehead atoms. The molecule has 1 fully saturated rings. The Kier molecular flexibility index (Phi) is 5.36. The maximum absolute atomic E-state index is 13.2. The van der Waals surface area contributed by atoms with Crippen molar-refractivity contribution in [2.75, 3.05) is 18.6 Å². The minimum atomic E-state index is -0.459. The molecule has 1 aliphatic heterocycles. The van der Waals surface area contributed by atoms with Crippen LogP contribution in [0.25, 0.3) is 10.9 Å². The maximum atomic E-state index is 13.2. The number of pyridine rings is 1. The number of H-pyrrole nitrogens is 1. The van der Waals surface area contributed by atoms with Crippen molar-refractivity contribution < 1.29 is 14.3 Å². The van der Waals surface area contributed by atoms with E-state index in [2.05, 4.69) is 4.98 Å². The van der Waals surface area contributed by atoms with Crippen molar-refractivity contribution in [1.29, 1.82) is 0 Å². The first-order valence-corrected chi connectivity index (χ1v) is 9.75. The van der Waals surface area contributed by atoms with Crippen molar-refractivity contribution in [3.8, 4) is 5.75 Å². The predicted octanol–water partition coefficient (Wildman–Crippen LogP) is 3.56. The van der Waals surface area contributed by atoms with Gasteiger partial charge in [0.1, 0.15) is 11.9 Å². The highest BCUT2D eigenvalue weighted by Crippen LogP contribution is 2.24. The minimum Gasteiger partial charge on any atom is -0.497 e. The third-order valence-electron chi connectivity index (χ3n) is 5.24. The van der Waals surface area contributed by atoms with Crippen molar-refractivity contribution >= 4 is 22.5 Å². The zero-order valence-electron chi connectivity index (χ0n) is 16.6. The summed E-state index contributed by atoms with van der Waals surface area (Å²) in [5, 5.41) is 0.883. The molecule has 0 spiro atoms. The lowest BCUT2D eigenvalue weighted by Gasteiger charge is -2.25. The van der Waals surface area contributed by atoms with E-state index in [1.807, 2.05) is 49.4 Å². The number of hydrogen-bond donors (Lipinski definition) is 1. The monoisotopic (exact) mass is 392 g/mol. The summed E-state index contributed by atoms with van der Waals surface area (Å²) in [6.45, 7) is 2.75. The molecule has 2 aromatic carbocycles. The molecule has 29 heavy (non-hydrogen) atoms. The number of ether oxygens (including phenoxy) is 2. The molecule has 6 heteroatoms. The number of carbonyl (C=O) groups is 1. The van der Waals surface area contributed by atoms with Gasteiger partial charge in [0.2, 0.25) is 0 Å². The van der Waals surface area contributed by atoms with Crippen LogP contribution in [0.5, 0.6) is 5.75 Å². The molecular formula is C23H24N2O4. The number of methoxy groups -OCH3 is 1. The molecule has 6 nitrogen and oxygen atoms in total. The molecule has 1 amide bonds. The number of benzene rings is 2. The van der Waals surface area contributed by atoms with Crippen molar-refractivity contribution in [1.82, 2.24) is 4.98 Å². The van der Waals surface area contributed by atoms with Crippen LogP contribution in [0.1, 0.15) is 24.0 Å². The van der Waals surface area contributed by atoms with Gasteiger partial charge in [-0.15, -0.1) is 0 Å². The standard InChI is InChI=1S/C23H24N2O4/c1-15-5-3-6-18(11-15)25(23(27)21-7-4-10-29-21)14-17-12-16-8-9-19(28-2)13-20(16)24-22(17)26/h3,5-6,8-9,11-13,21H,4,7,10,14H2,1-2H3,(H,24,26). The van der Waals surface area contributed by atoms with E-state index in [1.165, 1.54) is 0 Å². The van der Waals surface area contributed by atoms with Crippen LogP contribution in [0.3, 0.4) is 0 Å². The minimum absolute atomic E-state index is 0.109. The van der Waals surface area contributed by atoms with Crippen LogP contribution in [0.4, 0.5) is 5.69 Å². The highest BCUT2D eigenvalue weighted by atomic mass is 16.5. The number of hydrogen-bond acceptors (Lipinski definition) is 4. The number of fused-ring (bicyclic) bond motifs is 1. The molecule has 1 atom stereocenters. The van der Waals surface area contributed by atoms with Crippen molar-refractivity contribution in [2.24, 2.45) is 0 Å². The fraction of sp³-hybridized carbons (Fsp3) is 0.304. The highest BCUT2D eigenvalue weighted by molar-refractivity contribution is 5.96. The first-order chi connectivity index (χ1) is 14.0. The van der Waals surface area contributed by atoms with E-state index in [4.69, 9.17) is 9.47 Å². The van der Waals surface area contributed by atoms with Gasteiger partial charge in [-0.05, 0) is 61.0 Å². The van der Waals surface area contributed by atoms with Gasteiger partial charge in [0.15, 0.2) is 0 Å². The van der Waals surface area contributed by atoms with Crippen LogP contribution in [-0.4, -0.2) is 30.7 Å². The molecule has 0 saturated carbocycles. The number of aryl methyl sites for hydroxylation is 1. The Balaban J connectivity index is 1.72. The van der Waals surface area contributed by atoms with Crippen LogP contribution in [0, 0.1) is 6.92 Å². The predicted molar refractivity (Wildman–Crippen MR) is 112 cm³/mol. The molecule has 0 radical (unpaired) electrons. The van der Waals surface area contributed by atoms with E-state index >= 15 is 0 Å². The molecule has 1 aromatic heterocycles. The van der Waals surface area contributed by atoms with Gasteiger partial charge in [0.25, 0.3) is 11.5 Å². The lowest BCUT2D eigenvalue weighted by Crippen LogP contribution is -2.39. The number of rotatable bonds is 5. The second-order valence-corrected chi connectivity index (χ2v) is 7.34. The lowest BCUT2D eigenvalue weighted by molar-refractivity contribution is -0.127. The summed E-state index contributed by atoms with van der Waals surface area (Å²) < 4.78 is 10.8. The zero-order chi connectivity index (χ0) is 20.4. The number of anilines is 1. The average Bonchev–Trinajstić information content (AvgIpc) is 3.26.